The standard InChI is InChI=1S/C18H28N4O3/c1-13(2)19-16(23)11-20-7-9-21(10-8-20)12-22-17(24)14-5-3-4-6-15(14)18(22)25/h3-4,13-15H,5-12H2,1-2H3,(H,19,23)/t14-,15-/m1/s1. The number of hydrogen-bond donors (Lipinski definition) is 1. The van der Waals surface area contributed by atoms with Crippen LogP contribution in [0, 0.1) is 11.8 Å². The summed E-state index contributed by atoms with van der Waals surface area (Å²) in [5.41, 5.74) is 0. The van der Waals surface area contributed by atoms with Crippen molar-refractivity contribution in [2.75, 3.05) is 39.4 Å². The number of nitrogens with zero attached hydrogens (tertiary/aromatic N) is 3. The van der Waals surface area contributed by atoms with Crippen molar-refractivity contribution in [1.82, 2.24) is 20.0 Å². The van der Waals surface area contributed by atoms with Crippen molar-refractivity contribution in [2.45, 2.75) is 32.7 Å². The maximum absolute atomic E-state index is 12.5. The van der Waals surface area contributed by atoms with Crippen LogP contribution in [0.25, 0.3) is 0 Å². The van der Waals surface area contributed by atoms with Gasteiger partial charge in [0.2, 0.25) is 17.7 Å². The van der Waals surface area contributed by atoms with E-state index in [2.05, 4.69) is 15.1 Å². The second-order valence-corrected chi connectivity index (χ2v) is 7.52. The van der Waals surface area contributed by atoms with E-state index < -0.39 is 0 Å². The van der Waals surface area contributed by atoms with Gasteiger partial charge >= 0.3 is 0 Å². The van der Waals surface area contributed by atoms with Crippen LogP contribution in [-0.2, 0) is 14.4 Å². The molecule has 3 amide bonds. The molecule has 0 spiro atoms. The van der Waals surface area contributed by atoms with Crippen LogP contribution in [0.3, 0.4) is 0 Å². The second kappa shape index (κ2) is 7.66. The zero-order chi connectivity index (χ0) is 18.0. The van der Waals surface area contributed by atoms with E-state index in [9.17, 15) is 14.4 Å². The molecule has 7 heteroatoms. The van der Waals surface area contributed by atoms with E-state index in [-0.39, 0.29) is 35.6 Å². The summed E-state index contributed by atoms with van der Waals surface area (Å²) in [6.07, 6.45) is 5.39. The van der Waals surface area contributed by atoms with E-state index in [1.165, 1.54) is 4.90 Å². The molecule has 2 aliphatic heterocycles. The molecule has 0 bridgehead atoms. The molecule has 0 unspecified atom stereocenters. The van der Waals surface area contributed by atoms with E-state index in [4.69, 9.17) is 0 Å². The van der Waals surface area contributed by atoms with Crippen LogP contribution in [0.5, 0.6) is 0 Å². The lowest BCUT2D eigenvalue weighted by Gasteiger charge is -2.36. The van der Waals surface area contributed by atoms with Gasteiger partial charge in [-0.15, -0.1) is 0 Å². The van der Waals surface area contributed by atoms with Gasteiger partial charge in [-0.3, -0.25) is 29.1 Å². The van der Waals surface area contributed by atoms with Crippen LogP contribution in [0.1, 0.15) is 26.7 Å². The topological polar surface area (TPSA) is 73.0 Å². The Hall–Kier alpha value is -1.73. The molecule has 1 N–H and O–H groups in total. The van der Waals surface area contributed by atoms with Crippen molar-refractivity contribution in [1.29, 1.82) is 0 Å². The Morgan fingerprint density at radius 2 is 1.56 bits per heavy atom. The average Bonchev–Trinajstić information content (AvgIpc) is 2.81. The third-order valence-corrected chi connectivity index (χ3v) is 5.22. The maximum Gasteiger partial charge on any atom is 0.234 e. The molecule has 3 rings (SSSR count). The van der Waals surface area contributed by atoms with Gasteiger partial charge in [0, 0.05) is 32.2 Å². The van der Waals surface area contributed by atoms with Gasteiger partial charge in [0.25, 0.3) is 0 Å². The molecular weight excluding hydrogens is 320 g/mol. The minimum Gasteiger partial charge on any atom is -0.353 e. The Balaban J connectivity index is 1.47. The SMILES string of the molecule is CC(C)NC(=O)CN1CCN(CN2C(=O)[C@@H]3CC=CC[C@H]3C2=O)CC1. The summed E-state index contributed by atoms with van der Waals surface area (Å²) >= 11 is 0. The smallest absolute Gasteiger partial charge is 0.234 e. The highest BCUT2D eigenvalue weighted by Crippen LogP contribution is 2.35. The molecule has 25 heavy (non-hydrogen) atoms. The largest absolute Gasteiger partial charge is 0.353 e. The maximum atomic E-state index is 12.5. The lowest BCUT2D eigenvalue weighted by Crippen LogP contribution is -2.53. The van der Waals surface area contributed by atoms with Gasteiger partial charge in [0.15, 0.2) is 0 Å². The molecule has 3 aliphatic rings. The zero-order valence-corrected chi connectivity index (χ0v) is 15.1. The quantitative estimate of drug-likeness (QED) is 0.561. The fourth-order valence-corrected chi connectivity index (χ4v) is 3.87. The summed E-state index contributed by atoms with van der Waals surface area (Å²) in [4.78, 5) is 42.6. The first-order chi connectivity index (χ1) is 12.0. The van der Waals surface area contributed by atoms with Gasteiger partial charge in [-0.25, -0.2) is 0 Å². The number of allylic oxidation sites excluding steroid dienone is 2. The molecular formula is C18H28N4O3. The van der Waals surface area contributed by atoms with Crippen LogP contribution in [0.2, 0.25) is 0 Å². The minimum absolute atomic E-state index is 0.0157. The second-order valence-electron chi connectivity index (χ2n) is 7.52. The fourth-order valence-electron chi connectivity index (χ4n) is 3.87. The Labute approximate surface area is 149 Å². The fraction of sp³-hybridized carbons (Fsp3) is 0.722. The first-order valence-electron chi connectivity index (χ1n) is 9.20. The number of amides is 3. The van der Waals surface area contributed by atoms with Gasteiger partial charge in [-0.2, -0.15) is 0 Å². The van der Waals surface area contributed by atoms with Crippen molar-refractivity contribution >= 4 is 17.7 Å². The van der Waals surface area contributed by atoms with Crippen LogP contribution in [0.15, 0.2) is 12.2 Å². The summed E-state index contributed by atoms with van der Waals surface area (Å²) in [6.45, 7) is 7.77. The van der Waals surface area contributed by atoms with E-state index in [0.717, 1.165) is 26.2 Å². The molecule has 138 valence electrons. The normalized spacial score (nSPS) is 27.9. The predicted octanol–water partition coefficient (Wildman–Crippen LogP) is 0.0373. The van der Waals surface area contributed by atoms with Gasteiger partial charge in [0.1, 0.15) is 0 Å². The van der Waals surface area contributed by atoms with Crippen molar-refractivity contribution in [2.24, 2.45) is 11.8 Å². The third-order valence-electron chi connectivity index (χ3n) is 5.22. The van der Waals surface area contributed by atoms with Gasteiger partial charge in [-0.05, 0) is 26.7 Å². The first kappa shape index (κ1) is 18.1. The molecule has 1 aliphatic carbocycles. The summed E-state index contributed by atoms with van der Waals surface area (Å²) in [7, 11) is 0. The van der Waals surface area contributed by atoms with E-state index in [1.54, 1.807) is 0 Å². The Bertz CT molecular complexity index is 541. The Morgan fingerprint density at radius 1 is 1.04 bits per heavy atom. The summed E-state index contributed by atoms with van der Waals surface area (Å²) in [5.74, 6) is -0.293. The van der Waals surface area contributed by atoms with Crippen LogP contribution >= 0.6 is 0 Å². The molecule has 0 saturated carbocycles. The van der Waals surface area contributed by atoms with Crippen LogP contribution < -0.4 is 5.32 Å². The van der Waals surface area contributed by atoms with E-state index in [1.807, 2.05) is 26.0 Å². The number of likely N-dealkylation sites (tertiary alicyclic amines) is 1. The number of carbonyl (C=O) groups excluding carboxylic acids is 3. The zero-order valence-electron chi connectivity index (χ0n) is 15.1. The molecule has 0 aromatic carbocycles. The first-order valence-corrected chi connectivity index (χ1v) is 9.20. The number of carbonyl (C=O) groups is 3. The molecule has 2 atom stereocenters. The van der Waals surface area contributed by atoms with Crippen LogP contribution in [0.4, 0.5) is 0 Å². The Morgan fingerprint density at radius 3 is 2.08 bits per heavy atom. The van der Waals surface area contributed by atoms with Crippen molar-refractivity contribution in [3.05, 3.63) is 12.2 Å². The van der Waals surface area contributed by atoms with E-state index in [0.29, 0.717) is 26.1 Å². The number of fused-ring (bicyclic) bond motifs is 1. The van der Waals surface area contributed by atoms with Gasteiger partial charge in [-0.1, -0.05) is 12.2 Å². The van der Waals surface area contributed by atoms with Gasteiger partial charge in [0.05, 0.1) is 25.0 Å². The van der Waals surface area contributed by atoms with Crippen LogP contribution in [-0.4, -0.2) is 77.9 Å². The highest BCUT2D eigenvalue weighted by Gasteiger charge is 2.47. The van der Waals surface area contributed by atoms with E-state index >= 15 is 0 Å². The number of rotatable bonds is 5. The number of hydrogen-bond acceptors (Lipinski definition) is 5. The predicted molar refractivity (Wildman–Crippen MR) is 93.4 cm³/mol. The summed E-state index contributed by atoms with van der Waals surface area (Å²) in [5, 5.41) is 2.90. The highest BCUT2D eigenvalue weighted by atomic mass is 16.2. The lowest BCUT2D eigenvalue weighted by atomic mass is 9.85. The molecule has 7 nitrogen and oxygen atoms in total. The monoisotopic (exact) mass is 348 g/mol. The molecule has 0 radical (unpaired) electrons. The van der Waals surface area contributed by atoms with Crippen molar-refractivity contribution in [3.63, 3.8) is 0 Å². The molecule has 0 aromatic heterocycles. The number of imide groups is 1. The number of piperazine rings is 1. The highest BCUT2D eigenvalue weighted by molar-refractivity contribution is 6.05. The average molecular weight is 348 g/mol. The number of nitrogens with one attached hydrogen (secondary N) is 1. The molecule has 2 fully saturated rings. The molecule has 2 saturated heterocycles. The Kier molecular flexibility index (Phi) is 5.54. The minimum atomic E-state index is -0.154. The summed E-state index contributed by atoms with van der Waals surface area (Å²) in [6, 6.07) is 0.152. The van der Waals surface area contributed by atoms with Gasteiger partial charge < -0.3 is 5.32 Å². The van der Waals surface area contributed by atoms with Crippen molar-refractivity contribution in [3.8, 4) is 0 Å². The summed E-state index contributed by atoms with van der Waals surface area (Å²) < 4.78 is 0. The van der Waals surface area contributed by atoms with Crippen molar-refractivity contribution < 1.29 is 14.4 Å². The molecule has 0 aromatic rings. The molecule has 2 heterocycles. The lowest BCUT2D eigenvalue weighted by molar-refractivity contribution is -0.142. The third kappa shape index (κ3) is 4.10.